The van der Waals surface area contributed by atoms with Crippen molar-refractivity contribution in [1.29, 1.82) is 0 Å². The molecule has 0 N–H and O–H groups in total. The number of hydrogen-bond acceptors (Lipinski definition) is 16. The lowest BCUT2D eigenvalue weighted by molar-refractivity contribution is -0.157. The summed E-state index contributed by atoms with van der Waals surface area (Å²) >= 11 is 0. The quantitative estimate of drug-likeness (QED) is 0.0317. The number of carbonyl (C=O) groups is 7. The summed E-state index contributed by atoms with van der Waals surface area (Å²) in [5.41, 5.74) is 0. The number of likely N-dealkylation sites (tertiary alicyclic amines) is 1. The van der Waals surface area contributed by atoms with Crippen LogP contribution in [0.4, 0.5) is 4.79 Å². The molecule has 17 nitrogen and oxygen atoms in total. The van der Waals surface area contributed by atoms with E-state index in [0.717, 1.165) is 161 Å². The van der Waals surface area contributed by atoms with Crippen LogP contribution in [-0.2, 0) is 61.9 Å². The van der Waals surface area contributed by atoms with Crippen molar-refractivity contribution in [2.45, 2.75) is 245 Å². The first-order valence-corrected chi connectivity index (χ1v) is 30.7. The summed E-state index contributed by atoms with van der Waals surface area (Å²) in [7, 11) is 2.10. The molecule has 2 fully saturated rings. The fourth-order valence-corrected chi connectivity index (χ4v) is 9.56. The molecule has 0 spiro atoms. The number of carbonyl (C=O) groups excluding carboxylic acids is 7. The van der Waals surface area contributed by atoms with Crippen LogP contribution in [0.1, 0.15) is 233 Å². The zero-order valence-corrected chi connectivity index (χ0v) is 49.0. The third-order valence-electron chi connectivity index (χ3n) is 14.6. The van der Waals surface area contributed by atoms with E-state index in [4.69, 9.17) is 33.2 Å². The van der Waals surface area contributed by atoms with Crippen molar-refractivity contribution in [3.63, 3.8) is 0 Å². The largest absolute Gasteiger partial charge is 0.465 e. The lowest BCUT2D eigenvalue weighted by Crippen LogP contribution is -2.45. The fraction of sp³-hybridized carbons (Fsp3) is 0.883. The first-order chi connectivity index (χ1) is 37.4. The van der Waals surface area contributed by atoms with Crippen LogP contribution in [0.5, 0.6) is 0 Å². The highest BCUT2D eigenvalue weighted by Crippen LogP contribution is 2.24. The van der Waals surface area contributed by atoms with E-state index in [1.54, 1.807) is 0 Å². The number of ether oxygens (including phenoxy) is 7. The van der Waals surface area contributed by atoms with Crippen molar-refractivity contribution >= 4 is 41.9 Å². The molecule has 2 saturated heterocycles. The van der Waals surface area contributed by atoms with Crippen LogP contribution >= 0.6 is 0 Å². The molecule has 2 heterocycles. The van der Waals surface area contributed by atoms with E-state index >= 15 is 0 Å². The number of esters is 6. The second-order valence-corrected chi connectivity index (χ2v) is 21.9. The van der Waals surface area contributed by atoms with Crippen LogP contribution in [0, 0.1) is 11.8 Å². The number of nitrogens with zero attached hydrogens (tertiary/aromatic N) is 3. The monoisotopic (exact) mass is 1090 g/mol. The van der Waals surface area contributed by atoms with Crippen molar-refractivity contribution in [2.24, 2.45) is 11.8 Å². The minimum absolute atomic E-state index is 0.0118. The van der Waals surface area contributed by atoms with Gasteiger partial charge in [0.05, 0.1) is 58.5 Å². The zero-order valence-electron chi connectivity index (χ0n) is 49.0. The van der Waals surface area contributed by atoms with Crippen LogP contribution in [0.25, 0.3) is 0 Å². The summed E-state index contributed by atoms with van der Waals surface area (Å²) in [6.07, 6.45) is 24.5. The summed E-state index contributed by atoms with van der Waals surface area (Å²) in [5, 5.41) is 0. The van der Waals surface area contributed by atoms with Gasteiger partial charge in [0, 0.05) is 76.7 Å². The molecule has 0 aromatic carbocycles. The molecule has 0 aliphatic carbocycles. The Morgan fingerprint density at radius 1 is 0.429 bits per heavy atom. The summed E-state index contributed by atoms with van der Waals surface area (Å²) in [5.74, 6) is -4.04. The van der Waals surface area contributed by atoms with E-state index in [-0.39, 0.29) is 115 Å². The van der Waals surface area contributed by atoms with Crippen LogP contribution in [0.15, 0.2) is 0 Å². The normalized spacial score (nSPS) is 15.9. The van der Waals surface area contributed by atoms with E-state index < -0.39 is 42.0 Å². The molecular weight excluding hydrogens is 987 g/mol. The molecule has 0 aromatic rings. The van der Waals surface area contributed by atoms with Gasteiger partial charge in [0.15, 0.2) is 0 Å². The van der Waals surface area contributed by atoms with Crippen molar-refractivity contribution < 1.29 is 66.7 Å². The zero-order chi connectivity index (χ0) is 56.1. The predicted octanol–water partition coefficient (Wildman–Crippen LogP) is 11.5. The van der Waals surface area contributed by atoms with E-state index in [0.29, 0.717) is 32.1 Å². The predicted molar refractivity (Wildman–Crippen MR) is 298 cm³/mol. The molecule has 0 bridgehead atoms. The molecule has 77 heavy (non-hydrogen) atoms. The van der Waals surface area contributed by atoms with E-state index in [1.165, 1.54) is 4.90 Å². The minimum atomic E-state index is -0.778. The number of unbranched alkanes of at least 4 members (excludes halogenated alkanes) is 20. The summed E-state index contributed by atoms with van der Waals surface area (Å²) in [6, 6.07) is -0.702. The van der Waals surface area contributed by atoms with Gasteiger partial charge in [-0.2, -0.15) is 0 Å². The van der Waals surface area contributed by atoms with Gasteiger partial charge in [-0.05, 0) is 39.2 Å². The number of amides is 1. The first-order valence-electron chi connectivity index (χ1n) is 30.7. The van der Waals surface area contributed by atoms with Crippen molar-refractivity contribution in [3.8, 4) is 0 Å². The molecule has 0 saturated carbocycles. The van der Waals surface area contributed by atoms with Gasteiger partial charge in [0.25, 0.3) is 0 Å². The van der Waals surface area contributed by atoms with E-state index in [2.05, 4.69) is 44.5 Å². The lowest BCUT2D eigenvalue weighted by atomic mass is 10.1. The number of rotatable bonds is 47. The van der Waals surface area contributed by atoms with Gasteiger partial charge in [-0.25, -0.2) is 4.79 Å². The Labute approximate surface area is 464 Å². The lowest BCUT2D eigenvalue weighted by Gasteiger charge is -2.32. The van der Waals surface area contributed by atoms with E-state index in [9.17, 15) is 33.6 Å². The van der Waals surface area contributed by atoms with Gasteiger partial charge in [0.1, 0.15) is 12.7 Å². The molecule has 0 aromatic heterocycles. The Bertz CT molecular complexity index is 1530. The summed E-state index contributed by atoms with van der Waals surface area (Å²) < 4.78 is 40.0. The topological polar surface area (TPSA) is 194 Å². The van der Waals surface area contributed by atoms with Crippen molar-refractivity contribution in [3.05, 3.63) is 0 Å². The molecule has 446 valence electrons. The SMILES string of the molecule is CCCCCCCCC(=O)OCC(COC(=O)CCCCCCCC)CC(=O)OC[C@@H]1C[C@@H](OC(=O)CC(COC(=O)CCCCCCCC)COC(=O)CCCCCCCC)CN1C(=O)OCCCN1CCN(C)CC1. The molecular formula is C60H107N3O14. The second kappa shape index (κ2) is 45.8. The Hall–Kier alpha value is -3.99. The Morgan fingerprint density at radius 3 is 1.21 bits per heavy atom. The molecule has 2 aliphatic rings. The Kier molecular flexibility index (Phi) is 41.1. The van der Waals surface area contributed by atoms with Gasteiger partial charge in [-0.3, -0.25) is 33.7 Å². The average molecular weight is 1090 g/mol. The second-order valence-electron chi connectivity index (χ2n) is 21.9. The van der Waals surface area contributed by atoms with Crippen LogP contribution in [0.3, 0.4) is 0 Å². The molecule has 2 aliphatic heterocycles. The maximum Gasteiger partial charge on any atom is 0.410 e. The molecule has 0 unspecified atom stereocenters. The summed E-state index contributed by atoms with van der Waals surface area (Å²) in [6.45, 7) is 12.7. The maximum absolute atomic E-state index is 13.7. The highest BCUT2D eigenvalue weighted by molar-refractivity contribution is 5.73. The van der Waals surface area contributed by atoms with Crippen molar-refractivity contribution in [1.82, 2.24) is 14.7 Å². The highest BCUT2D eigenvalue weighted by Gasteiger charge is 2.39. The number of likely N-dealkylation sites (N-methyl/N-ethyl adjacent to an activating group) is 1. The third kappa shape index (κ3) is 36.7. The van der Waals surface area contributed by atoms with E-state index in [1.807, 2.05) is 0 Å². The van der Waals surface area contributed by atoms with Gasteiger partial charge in [0.2, 0.25) is 0 Å². The molecule has 0 radical (unpaired) electrons. The average Bonchev–Trinajstić information content (AvgIpc) is 3.82. The first kappa shape index (κ1) is 69.1. The molecule has 2 rings (SSSR count). The van der Waals surface area contributed by atoms with Gasteiger partial charge >= 0.3 is 41.9 Å². The van der Waals surface area contributed by atoms with Gasteiger partial charge in [-0.15, -0.1) is 0 Å². The molecule has 2 atom stereocenters. The van der Waals surface area contributed by atoms with Crippen molar-refractivity contribution in [2.75, 3.05) is 86.0 Å². The number of hydrogen-bond donors (Lipinski definition) is 0. The fourth-order valence-electron chi connectivity index (χ4n) is 9.56. The highest BCUT2D eigenvalue weighted by atomic mass is 16.6. The van der Waals surface area contributed by atoms with Crippen LogP contribution < -0.4 is 0 Å². The van der Waals surface area contributed by atoms with Crippen LogP contribution in [0.2, 0.25) is 0 Å². The Morgan fingerprint density at radius 2 is 0.805 bits per heavy atom. The minimum Gasteiger partial charge on any atom is -0.465 e. The summed E-state index contributed by atoms with van der Waals surface area (Å²) in [4.78, 5) is 98.1. The molecule has 17 heteroatoms. The standard InChI is InChI=1S/C60H107N3O14/c1-6-10-14-18-22-26-31-54(64)72-45-50(46-73-55(65)32-27-23-19-15-11-7-2)41-58(68)76-49-52-43-53(44-63(52)60(70)71-40-30-35-62-38-36-61(5)37-39-62)77-59(69)42-51(47-74-56(66)33-28-24-20-16-12-8-3)48-75-57(67)34-29-25-21-17-13-9-4/h50-53H,6-49H2,1-5H3/t52-,53+/m0/s1. The van der Waals surface area contributed by atoms with Crippen LogP contribution in [-0.4, -0.2) is 155 Å². The number of piperazine rings is 1. The maximum atomic E-state index is 13.7. The van der Waals surface area contributed by atoms with Gasteiger partial charge in [-0.1, -0.05) is 156 Å². The molecule has 1 amide bonds. The smallest absolute Gasteiger partial charge is 0.410 e. The third-order valence-corrected chi connectivity index (χ3v) is 14.6. The Balaban J connectivity index is 2.13. The van der Waals surface area contributed by atoms with Gasteiger partial charge < -0.3 is 43.0 Å².